The van der Waals surface area contributed by atoms with Crippen molar-refractivity contribution in [2.45, 2.75) is 39.2 Å². The molecule has 1 atom stereocenters. The molecule has 0 aromatic carbocycles. The van der Waals surface area contributed by atoms with E-state index < -0.39 is 23.9 Å². The van der Waals surface area contributed by atoms with Crippen LogP contribution in [0.2, 0.25) is 0 Å². The standard InChI is InChI=1S/C13H22N4O4/c1-9(2)8-17(7-3-6-14)13(21)16-10(12(19)20)4-5-11(15)18/h9-10H,3-5,7-8H2,1-2H3,(H2,15,18)(H,16,21)(H,19,20). The molecule has 0 aliphatic carbocycles. The molecule has 0 heterocycles. The number of nitriles is 1. The molecular formula is C13H22N4O4. The van der Waals surface area contributed by atoms with Crippen molar-refractivity contribution in [1.82, 2.24) is 10.2 Å². The monoisotopic (exact) mass is 298 g/mol. The second-order valence-corrected chi connectivity index (χ2v) is 5.09. The highest BCUT2D eigenvalue weighted by Crippen LogP contribution is 2.03. The summed E-state index contributed by atoms with van der Waals surface area (Å²) in [6.07, 6.45) is -0.0248. The van der Waals surface area contributed by atoms with Gasteiger partial charge in [-0.1, -0.05) is 13.8 Å². The van der Waals surface area contributed by atoms with Gasteiger partial charge in [0, 0.05) is 19.5 Å². The van der Waals surface area contributed by atoms with Crippen molar-refractivity contribution in [2.24, 2.45) is 11.7 Å². The normalized spacial score (nSPS) is 11.5. The third-order valence-corrected chi connectivity index (χ3v) is 2.64. The van der Waals surface area contributed by atoms with Crippen molar-refractivity contribution >= 4 is 17.9 Å². The maximum Gasteiger partial charge on any atom is 0.326 e. The summed E-state index contributed by atoms with van der Waals surface area (Å²) in [6.45, 7) is 4.46. The Kier molecular flexibility index (Phi) is 8.53. The van der Waals surface area contributed by atoms with Gasteiger partial charge in [-0.15, -0.1) is 0 Å². The van der Waals surface area contributed by atoms with Crippen LogP contribution in [0.1, 0.15) is 33.1 Å². The van der Waals surface area contributed by atoms with Crippen LogP contribution in [0.5, 0.6) is 0 Å². The number of nitrogens with one attached hydrogen (secondary N) is 1. The first-order valence-corrected chi connectivity index (χ1v) is 6.71. The summed E-state index contributed by atoms with van der Waals surface area (Å²) in [4.78, 5) is 35.2. The molecule has 0 radical (unpaired) electrons. The van der Waals surface area contributed by atoms with E-state index in [1.54, 1.807) is 0 Å². The van der Waals surface area contributed by atoms with Gasteiger partial charge in [-0.05, 0) is 12.3 Å². The molecule has 3 amide bonds. The first-order valence-electron chi connectivity index (χ1n) is 6.71. The first kappa shape index (κ1) is 18.7. The Labute approximate surface area is 123 Å². The number of nitrogens with two attached hydrogens (primary N) is 1. The number of primary amides is 1. The molecule has 4 N–H and O–H groups in total. The van der Waals surface area contributed by atoms with E-state index in [1.807, 2.05) is 19.9 Å². The van der Waals surface area contributed by atoms with Crippen molar-refractivity contribution in [1.29, 1.82) is 5.26 Å². The summed E-state index contributed by atoms with van der Waals surface area (Å²) < 4.78 is 0. The molecule has 0 saturated heterocycles. The van der Waals surface area contributed by atoms with Crippen LogP contribution in [0.3, 0.4) is 0 Å². The predicted molar refractivity (Wildman–Crippen MR) is 75.0 cm³/mol. The van der Waals surface area contributed by atoms with E-state index in [9.17, 15) is 14.4 Å². The van der Waals surface area contributed by atoms with Gasteiger partial charge in [0.05, 0.1) is 12.5 Å². The Morgan fingerprint density at radius 1 is 1.38 bits per heavy atom. The van der Waals surface area contributed by atoms with Crippen LogP contribution < -0.4 is 11.1 Å². The lowest BCUT2D eigenvalue weighted by Gasteiger charge is -2.25. The van der Waals surface area contributed by atoms with E-state index in [0.29, 0.717) is 6.54 Å². The summed E-state index contributed by atoms with van der Waals surface area (Å²) in [5.74, 6) is -1.67. The van der Waals surface area contributed by atoms with Crippen molar-refractivity contribution in [2.75, 3.05) is 13.1 Å². The van der Waals surface area contributed by atoms with Gasteiger partial charge in [0.25, 0.3) is 0 Å². The molecule has 0 aliphatic heterocycles. The average molecular weight is 298 g/mol. The molecule has 8 nitrogen and oxygen atoms in total. The van der Waals surface area contributed by atoms with Crippen LogP contribution in [-0.2, 0) is 9.59 Å². The molecule has 0 spiro atoms. The summed E-state index contributed by atoms with van der Waals surface area (Å²) in [6, 6.07) is 0.205. The fourth-order valence-corrected chi connectivity index (χ4v) is 1.69. The van der Waals surface area contributed by atoms with Gasteiger partial charge in [-0.2, -0.15) is 5.26 Å². The minimum atomic E-state index is -1.23. The maximum absolute atomic E-state index is 12.1. The van der Waals surface area contributed by atoms with Gasteiger partial charge >= 0.3 is 12.0 Å². The molecule has 0 rings (SSSR count). The number of aliphatic carboxylic acids is 1. The summed E-state index contributed by atoms with van der Waals surface area (Å²) in [5, 5.41) is 20.0. The van der Waals surface area contributed by atoms with E-state index in [4.69, 9.17) is 16.1 Å². The van der Waals surface area contributed by atoms with Crippen LogP contribution in [0.4, 0.5) is 4.79 Å². The molecule has 1 unspecified atom stereocenters. The number of carbonyl (C=O) groups excluding carboxylic acids is 2. The fourth-order valence-electron chi connectivity index (χ4n) is 1.69. The largest absolute Gasteiger partial charge is 0.480 e. The van der Waals surface area contributed by atoms with Crippen molar-refractivity contribution < 1.29 is 19.5 Å². The summed E-state index contributed by atoms with van der Waals surface area (Å²) in [7, 11) is 0. The molecule has 118 valence electrons. The molecule has 0 bridgehead atoms. The van der Waals surface area contributed by atoms with Crippen molar-refractivity contribution in [3.63, 3.8) is 0 Å². The number of urea groups is 1. The van der Waals surface area contributed by atoms with E-state index in [-0.39, 0.29) is 31.7 Å². The number of hydrogen-bond donors (Lipinski definition) is 3. The quantitative estimate of drug-likeness (QED) is 0.561. The Morgan fingerprint density at radius 3 is 2.43 bits per heavy atom. The molecule has 0 aromatic heterocycles. The molecular weight excluding hydrogens is 276 g/mol. The number of carbonyl (C=O) groups is 3. The number of rotatable bonds is 9. The molecule has 0 aromatic rings. The van der Waals surface area contributed by atoms with Gasteiger partial charge in [0.2, 0.25) is 5.91 Å². The van der Waals surface area contributed by atoms with E-state index in [2.05, 4.69) is 5.32 Å². The van der Waals surface area contributed by atoms with Gasteiger partial charge in [-0.3, -0.25) is 4.79 Å². The fraction of sp³-hybridized carbons (Fsp3) is 0.692. The second-order valence-electron chi connectivity index (χ2n) is 5.09. The van der Waals surface area contributed by atoms with Gasteiger partial charge < -0.3 is 21.1 Å². The van der Waals surface area contributed by atoms with E-state index in [1.165, 1.54) is 4.90 Å². The number of nitrogens with zero attached hydrogens (tertiary/aromatic N) is 2. The third-order valence-electron chi connectivity index (χ3n) is 2.64. The summed E-state index contributed by atoms with van der Waals surface area (Å²) >= 11 is 0. The zero-order valence-corrected chi connectivity index (χ0v) is 12.3. The third kappa shape index (κ3) is 8.47. The highest BCUT2D eigenvalue weighted by molar-refractivity contribution is 5.83. The molecule has 21 heavy (non-hydrogen) atoms. The minimum absolute atomic E-state index is 0.0653. The van der Waals surface area contributed by atoms with Crippen LogP contribution in [0.15, 0.2) is 0 Å². The van der Waals surface area contributed by atoms with Crippen LogP contribution in [0, 0.1) is 17.2 Å². The lowest BCUT2D eigenvalue weighted by atomic mass is 10.1. The topological polar surface area (TPSA) is 137 Å². The van der Waals surface area contributed by atoms with Crippen molar-refractivity contribution in [3.8, 4) is 6.07 Å². The Hall–Kier alpha value is -2.30. The zero-order valence-electron chi connectivity index (χ0n) is 12.3. The average Bonchev–Trinajstić information content (AvgIpc) is 2.37. The van der Waals surface area contributed by atoms with Crippen LogP contribution in [0.25, 0.3) is 0 Å². The maximum atomic E-state index is 12.1. The minimum Gasteiger partial charge on any atom is -0.480 e. The molecule has 8 heteroatoms. The van der Waals surface area contributed by atoms with E-state index in [0.717, 1.165) is 0 Å². The SMILES string of the molecule is CC(C)CN(CCC#N)C(=O)NC(CCC(N)=O)C(=O)O. The van der Waals surface area contributed by atoms with Gasteiger partial charge in [0.15, 0.2) is 0 Å². The Balaban J connectivity index is 4.69. The molecule has 0 aliphatic rings. The van der Waals surface area contributed by atoms with E-state index >= 15 is 0 Å². The smallest absolute Gasteiger partial charge is 0.326 e. The predicted octanol–water partition coefficient (Wildman–Crippen LogP) is 0.286. The lowest BCUT2D eigenvalue weighted by molar-refractivity contribution is -0.139. The zero-order chi connectivity index (χ0) is 16.4. The van der Waals surface area contributed by atoms with Crippen LogP contribution >= 0.6 is 0 Å². The highest BCUT2D eigenvalue weighted by atomic mass is 16.4. The van der Waals surface area contributed by atoms with Crippen molar-refractivity contribution in [3.05, 3.63) is 0 Å². The first-order chi connectivity index (χ1) is 9.77. The highest BCUT2D eigenvalue weighted by Gasteiger charge is 2.23. The number of hydrogen-bond acceptors (Lipinski definition) is 4. The van der Waals surface area contributed by atoms with Gasteiger partial charge in [-0.25, -0.2) is 9.59 Å². The van der Waals surface area contributed by atoms with Gasteiger partial charge in [0.1, 0.15) is 6.04 Å². The second kappa shape index (κ2) is 9.58. The lowest BCUT2D eigenvalue weighted by Crippen LogP contribution is -2.49. The Morgan fingerprint density at radius 2 is 2.00 bits per heavy atom. The number of amides is 3. The number of carboxylic acids is 1. The molecule has 0 fully saturated rings. The molecule has 0 saturated carbocycles. The number of carboxylic acid groups (broad SMARTS) is 1. The Bertz CT molecular complexity index is 417. The summed E-state index contributed by atoms with van der Waals surface area (Å²) in [5.41, 5.74) is 4.97. The van der Waals surface area contributed by atoms with Crippen LogP contribution in [-0.4, -0.2) is 47.0 Å².